The molecular formula is C132H114. The van der Waals surface area contributed by atoms with E-state index in [1.54, 1.807) is 0 Å². The highest BCUT2D eigenvalue weighted by molar-refractivity contribution is 6.12. The zero-order valence-corrected chi connectivity index (χ0v) is 81.2. The molecule has 16 aromatic rings. The Morgan fingerprint density at radius 2 is 0.205 bits per heavy atom. The fourth-order valence-corrected chi connectivity index (χ4v) is 31.6. The lowest BCUT2D eigenvalue weighted by Crippen LogP contribution is -2.22. The average Bonchev–Trinajstić information content (AvgIpc) is 1.50. The molecule has 28 rings (SSSR count). The molecule has 0 radical (unpaired) electrons. The first-order chi connectivity index (χ1) is 62.6. The molecule has 0 atom stereocenters. The van der Waals surface area contributed by atoms with E-state index in [4.69, 9.17) is 0 Å². The van der Waals surface area contributed by atoms with Crippen LogP contribution >= 0.6 is 0 Å². The molecule has 132 heavy (non-hydrogen) atoms. The van der Waals surface area contributed by atoms with Gasteiger partial charge in [0.1, 0.15) is 0 Å². The van der Waals surface area contributed by atoms with Crippen molar-refractivity contribution >= 4 is 0 Å². The standard InChI is InChI=1S/C132H114/c1-121(2)88-46-34-28-40-76(88)100-109(121)97-73-37-25-31-43-85(73)124(7,8)112(97)103-79-55-49-67(61-91(79)127(13,14)115(100)103)70-52-58-82-94(64-70)130(19,20)118-106(82)119-108(84-60-54-72(66-96(84)131(119,21)22)69-51-57-81-93(63-69)129(17,18)117-102-78-42-30-36-48-90(78)123(5,6)111(102)99-75-39-27-33-45-87(75)126(11,12)114(99)105(81)117)120-107(118)83-59-53-71(65-95(83)132(120,23)24)68-50-56-80-92(62-68)128(15,16)116-101-77-41-29-35-47-89(77)122(3,4)110(101)98-74-38-26-32-44-86(74)125(9,10)113(98)104(80)116/h25-66H,1-24H3. The van der Waals surface area contributed by atoms with Crippen molar-refractivity contribution in [1.82, 2.24) is 0 Å². The Labute approximate surface area is 780 Å². The van der Waals surface area contributed by atoms with Gasteiger partial charge < -0.3 is 0 Å². The van der Waals surface area contributed by atoms with Crippen molar-refractivity contribution < 1.29 is 0 Å². The summed E-state index contributed by atoms with van der Waals surface area (Å²) in [6, 6.07) is 103. The highest BCUT2D eigenvalue weighted by Gasteiger charge is 2.60. The molecule has 0 saturated carbocycles. The van der Waals surface area contributed by atoms with Gasteiger partial charge in [0, 0.05) is 65.0 Å². The number of rotatable bonds is 3. The van der Waals surface area contributed by atoms with Crippen LogP contribution < -0.4 is 0 Å². The summed E-state index contributed by atoms with van der Waals surface area (Å²) < 4.78 is 0. The van der Waals surface area contributed by atoms with Crippen LogP contribution in [0.25, 0.3) is 167 Å². The van der Waals surface area contributed by atoms with E-state index in [2.05, 4.69) is 421 Å². The molecule has 0 aliphatic heterocycles. The maximum atomic E-state index is 2.65. The molecule has 0 spiro atoms. The number of hydrogen-bond donors (Lipinski definition) is 0. The van der Waals surface area contributed by atoms with Crippen LogP contribution in [0.1, 0.15) is 300 Å². The van der Waals surface area contributed by atoms with Crippen molar-refractivity contribution in [3.63, 3.8) is 0 Å². The molecule has 642 valence electrons. The first kappa shape index (κ1) is 78.2. The Morgan fingerprint density at radius 3 is 0.326 bits per heavy atom. The van der Waals surface area contributed by atoms with Crippen LogP contribution in [0.3, 0.4) is 0 Å². The van der Waals surface area contributed by atoms with Gasteiger partial charge in [0.05, 0.1) is 0 Å². The molecule has 0 saturated heterocycles. The van der Waals surface area contributed by atoms with Crippen molar-refractivity contribution in [1.29, 1.82) is 0 Å². The fraction of sp³-hybridized carbons (Fsp3) is 0.273. The molecule has 0 bridgehead atoms. The predicted molar refractivity (Wildman–Crippen MR) is 554 cm³/mol. The molecule has 0 fully saturated rings. The van der Waals surface area contributed by atoms with Gasteiger partial charge in [0.2, 0.25) is 0 Å². The second-order valence-corrected chi connectivity index (χ2v) is 48.3. The minimum absolute atomic E-state index is 0.184. The zero-order chi connectivity index (χ0) is 90.9. The summed E-state index contributed by atoms with van der Waals surface area (Å²) in [7, 11) is 0. The molecule has 0 nitrogen and oxygen atoms in total. The van der Waals surface area contributed by atoms with Crippen molar-refractivity contribution in [3.05, 3.63) is 388 Å². The van der Waals surface area contributed by atoms with Crippen LogP contribution in [0.2, 0.25) is 0 Å². The molecule has 0 N–H and O–H groups in total. The van der Waals surface area contributed by atoms with Crippen molar-refractivity contribution in [2.24, 2.45) is 0 Å². The van der Waals surface area contributed by atoms with E-state index in [1.807, 2.05) is 0 Å². The minimum atomic E-state index is -0.405. The van der Waals surface area contributed by atoms with Crippen molar-refractivity contribution in [3.8, 4) is 167 Å². The smallest absolute Gasteiger partial charge is 0.0165 e. The van der Waals surface area contributed by atoms with Crippen molar-refractivity contribution in [2.45, 2.75) is 231 Å². The van der Waals surface area contributed by atoms with Gasteiger partial charge in [-0.15, -0.1) is 0 Å². The SMILES string of the molecule is CC1(C)c2ccccc2-c2c1c1c(c3c2C(C)(C)c2cc(-c4ccc5c(c4)C(C)(C)c4c-5c5c(c6c4-c4ccc(-c7ccc8c(c7)C(C)(C)c7c9c(c%10c(c7-8)C(C)(C)c7ccccc7-%10)C(C)(C)c7ccccc7-9)cc4C6(C)C)-c4ccc(-c6ccc7c(c6)C(C)(C)c6c8c(c9c(c6-7)C(C)(C)c6ccccc6-9)C(C)(C)c6ccccc6-8)cc4C5(C)C)ccc2-3)C(C)(C)c2ccccc2-1. The van der Waals surface area contributed by atoms with E-state index in [0.717, 1.165) is 0 Å². The normalized spacial score (nSPS) is 19.2. The summed E-state index contributed by atoms with van der Waals surface area (Å²) in [6.45, 7) is 60.8. The van der Waals surface area contributed by atoms with Gasteiger partial charge in [-0.25, -0.2) is 0 Å². The van der Waals surface area contributed by atoms with Crippen molar-refractivity contribution in [2.75, 3.05) is 0 Å². The Balaban J connectivity index is 0.622. The summed E-state index contributed by atoms with van der Waals surface area (Å²) >= 11 is 0. The van der Waals surface area contributed by atoms with Crippen LogP contribution in [-0.2, 0) is 65.0 Å². The lowest BCUT2D eigenvalue weighted by atomic mass is 9.71. The molecule has 12 aliphatic carbocycles. The molecule has 0 heteroatoms. The number of fused-ring (bicyclic) bond motifs is 48. The first-order valence-electron chi connectivity index (χ1n) is 49.1. The number of benzene rings is 16. The van der Waals surface area contributed by atoms with Gasteiger partial charge in [-0.3, -0.25) is 0 Å². The summed E-state index contributed by atoms with van der Waals surface area (Å²) in [5.74, 6) is 0. The lowest BCUT2D eigenvalue weighted by molar-refractivity contribution is 0.635. The maximum Gasteiger partial charge on any atom is 0.0165 e. The second-order valence-electron chi connectivity index (χ2n) is 48.3. The van der Waals surface area contributed by atoms with Gasteiger partial charge >= 0.3 is 0 Å². The Hall–Kier alpha value is -12.5. The van der Waals surface area contributed by atoms with E-state index in [0.29, 0.717) is 0 Å². The summed E-state index contributed by atoms with van der Waals surface area (Å²) in [4.78, 5) is 0. The summed E-state index contributed by atoms with van der Waals surface area (Å²) in [5.41, 5.74) is 73.6. The molecular weight excluding hydrogens is 1590 g/mol. The van der Waals surface area contributed by atoms with Gasteiger partial charge in [-0.1, -0.05) is 385 Å². The van der Waals surface area contributed by atoms with E-state index < -0.39 is 16.2 Å². The van der Waals surface area contributed by atoms with Crippen LogP contribution in [0, 0.1) is 0 Å². The third kappa shape index (κ3) is 8.57. The largest absolute Gasteiger partial charge is 0.0619 e. The van der Waals surface area contributed by atoms with Crippen LogP contribution in [-0.4, -0.2) is 0 Å². The van der Waals surface area contributed by atoms with Crippen LogP contribution in [0.5, 0.6) is 0 Å². The molecule has 0 heterocycles. The van der Waals surface area contributed by atoms with Gasteiger partial charge in [-0.2, -0.15) is 0 Å². The number of hydrogen-bond acceptors (Lipinski definition) is 0. The Kier molecular flexibility index (Phi) is 14.0. The molecule has 0 aromatic heterocycles. The average molecular weight is 1700 g/mol. The van der Waals surface area contributed by atoms with E-state index in [1.165, 1.54) is 300 Å². The first-order valence-corrected chi connectivity index (χ1v) is 49.1. The van der Waals surface area contributed by atoms with E-state index >= 15 is 0 Å². The third-order valence-electron chi connectivity index (χ3n) is 37.5. The molecule has 12 aliphatic rings. The summed E-state index contributed by atoms with van der Waals surface area (Å²) in [5, 5.41) is 0. The predicted octanol–water partition coefficient (Wildman–Crippen LogP) is 34.4. The van der Waals surface area contributed by atoms with E-state index in [9.17, 15) is 0 Å². The highest BCUT2D eigenvalue weighted by Crippen LogP contribution is 2.75. The second kappa shape index (κ2) is 23.6. The van der Waals surface area contributed by atoms with Gasteiger partial charge in [-0.05, 0) is 337 Å². The van der Waals surface area contributed by atoms with Crippen LogP contribution in [0.4, 0.5) is 0 Å². The van der Waals surface area contributed by atoms with Gasteiger partial charge in [0.15, 0.2) is 0 Å². The Bertz CT molecular complexity index is 7520. The quantitative estimate of drug-likeness (QED) is 0.165. The van der Waals surface area contributed by atoms with E-state index in [-0.39, 0.29) is 48.7 Å². The monoisotopic (exact) mass is 1700 g/mol. The summed E-state index contributed by atoms with van der Waals surface area (Å²) in [6.07, 6.45) is 0. The molecule has 0 amide bonds. The molecule has 0 unspecified atom stereocenters. The third-order valence-corrected chi connectivity index (χ3v) is 37.5. The minimum Gasteiger partial charge on any atom is -0.0619 e. The Morgan fingerprint density at radius 1 is 0.106 bits per heavy atom. The topological polar surface area (TPSA) is 0 Å². The zero-order valence-electron chi connectivity index (χ0n) is 81.2. The molecule has 16 aromatic carbocycles. The lowest BCUT2D eigenvalue weighted by Gasteiger charge is -2.31. The van der Waals surface area contributed by atoms with Gasteiger partial charge in [0.25, 0.3) is 0 Å². The maximum absolute atomic E-state index is 2.65. The van der Waals surface area contributed by atoms with Crippen LogP contribution in [0.15, 0.2) is 255 Å². The highest BCUT2D eigenvalue weighted by atomic mass is 14.6. The fourth-order valence-electron chi connectivity index (χ4n) is 31.6.